The maximum absolute atomic E-state index is 12.0. The number of aromatic nitrogens is 3. The molecule has 3 rings (SSSR count). The van der Waals surface area contributed by atoms with Crippen molar-refractivity contribution in [1.82, 2.24) is 24.8 Å². The van der Waals surface area contributed by atoms with Crippen molar-refractivity contribution in [2.24, 2.45) is 5.92 Å². The molecule has 0 aliphatic carbocycles. The van der Waals surface area contributed by atoms with Gasteiger partial charge in [-0.15, -0.1) is 17.5 Å². The molecule has 2 aromatic rings. The highest BCUT2D eigenvalue weighted by molar-refractivity contribution is 5.85. The molecule has 120 valence electrons. The Kier molecular flexibility index (Phi) is 5.57. The van der Waals surface area contributed by atoms with Gasteiger partial charge in [-0.25, -0.2) is 9.48 Å². The summed E-state index contributed by atoms with van der Waals surface area (Å²) in [4.78, 5) is 24.0. The number of nitrogens with zero attached hydrogens (tertiary/aromatic N) is 3. The van der Waals surface area contributed by atoms with Crippen molar-refractivity contribution in [3.63, 3.8) is 0 Å². The molecule has 0 spiro atoms. The number of carbonyl (C=O) groups excluding carboxylic acids is 1. The van der Waals surface area contributed by atoms with E-state index in [1.807, 2.05) is 6.07 Å². The molecule has 1 aliphatic heterocycles. The van der Waals surface area contributed by atoms with Crippen LogP contribution in [0, 0.1) is 5.92 Å². The van der Waals surface area contributed by atoms with E-state index in [-0.39, 0.29) is 30.5 Å². The van der Waals surface area contributed by atoms with Gasteiger partial charge in [0, 0.05) is 12.7 Å². The molecule has 7 nitrogen and oxygen atoms in total. The number of fused-ring (bicyclic) bond motifs is 1. The zero-order valence-electron chi connectivity index (χ0n) is 12.2. The Morgan fingerprint density at radius 3 is 3.05 bits per heavy atom. The van der Waals surface area contributed by atoms with Gasteiger partial charge in [-0.05, 0) is 44.0 Å². The normalized spacial score (nSPS) is 17.9. The van der Waals surface area contributed by atoms with E-state index in [2.05, 4.69) is 15.7 Å². The number of hydrogen-bond donors (Lipinski definition) is 2. The summed E-state index contributed by atoms with van der Waals surface area (Å²) >= 11 is 0. The zero-order chi connectivity index (χ0) is 14.7. The number of piperidine rings is 1. The molecule has 1 amide bonds. The van der Waals surface area contributed by atoms with Gasteiger partial charge in [0.2, 0.25) is 5.91 Å². The highest BCUT2D eigenvalue weighted by atomic mass is 35.5. The summed E-state index contributed by atoms with van der Waals surface area (Å²) in [6.45, 7) is 2.60. The monoisotopic (exact) mass is 325 g/mol. The van der Waals surface area contributed by atoms with Crippen LogP contribution in [-0.2, 0) is 11.3 Å². The predicted molar refractivity (Wildman–Crippen MR) is 85.3 cm³/mol. The fraction of sp³-hybridized carbons (Fsp3) is 0.500. The van der Waals surface area contributed by atoms with E-state index in [0.29, 0.717) is 18.1 Å². The van der Waals surface area contributed by atoms with Crippen LogP contribution in [0.5, 0.6) is 0 Å². The molecule has 1 saturated heterocycles. The third-order valence-corrected chi connectivity index (χ3v) is 3.77. The first-order valence-electron chi connectivity index (χ1n) is 7.25. The van der Waals surface area contributed by atoms with E-state index < -0.39 is 0 Å². The lowest BCUT2D eigenvalue weighted by atomic mass is 10.00. The molecular weight excluding hydrogens is 306 g/mol. The topological polar surface area (TPSA) is 80.4 Å². The van der Waals surface area contributed by atoms with E-state index in [0.717, 1.165) is 25.9 Å². The van der Waals surface area contributed by atoms with Gasteiger partial charge in [0.25, 0.3) is 0 Å². The van der Waals surface area contributed by atoms with Crippen molar-refractivity contribution in [2.75, 3.05) is 19.6 Å². The molecule has 1 fully saturated rings. The molecule has 1 aliphatic rings. The van der Waals surface area contributed by atoms with Crippen molar-refractivity contribution in [2.45, 2.75) is 19.4 Å². The second-order valence-electron chi connectivity index (χ2n) is 5.39. The first kappa shape index (κ1) is 16.5. The summed E-state index contributed by atoms with van der Waals surface area (Å²) < 4.78 is 2.63. The van der Waals surface area contributed by atoms with Crippen molar-refractivity contribution >= 4 is 24.0 Å². The van der Waals surface area contributed by atoms with Crippen molar-refractivity contribution < 1.29 is 4.79 Å². The van der Waals surface area contributed by atoms with Crippen molar-refractivity contribution in [3.05, 3.63) is 34.9 Å². The van der Waals surface area contributed by atoms with Crippen LogP contribution in [0.1, 0.15) is 12.8 Å². The Bertz CT molecular complexity index is 690. The number of nitrogens with one attached hydrogen (secondary N) is 2. The van der Waals surface area contributed by atoms with Crippen molar-refractivity contribution in [1.29, 1.82) is 0 Å². The third-order valence-electron chi connectivity index (χ3n) is 3.77. The summed E-state index contributed by atoms with van der Waals surface area (Å²) in [7, 11) is 0. The van der Waals surface area contributed by atoms with Gasteiger partial charge in [-0.3, -0.25) is 9.20 Å². The SMILES string of the molecule is Cl.O=C(Cn1nc2ccccn2c1=O)NCC1CCCNC1. The van der Waals surface area contributed by atoms with Crippen LogP contribution >= 0.6 is 12.4 Å². The van der Waals surface area contributed by atoms with Gasteiger partial charge in [0.05, 0.1) is 0 Å². The molecule has 2 aromatic heterocycles. The number of amides is 1. The summed E-state index contributed by atoms with van der Waals surface area (Å²) in [5.74, 6) is 0.298. The number of hydrogen-bond acceptors (Lipinski definition) is 4. The lowest BCUT2D eigenvalue weighted by Gasteiger charge is -2.22. The summed E-state index contributed by atoms with van der Waals surface area (Å²) in [5.41, 5.74) is 0.256. The molecule has 8 heteroatoms. The van der Waals surface area contributed by atoms with Crippen LogP contribution in [0.15, 0.2) is 29.2 Å². The van der Waals surface area contributed by atoms with Gasteiger partial charge in [-0.2, -0.15) is 0 Å². The van der Waals surface area contributed by atoms with Gasteiger partial charge >= 0.3 is 5.69 Å². The number of carbonyl (C=O) groups is 1. The first-order chi connectivity index (χ1) is 10.2. The summed E-state index contributed by atoms with van der Waals surface area (Å²) in [6.07, 6.45) is 3.92. The lowest BCUT2D eigenvalue weighted by Crippen LogP contribution is -2.40. The second-order valence-corrected chi connectivity index (χ2v) is 5.39. The van der Waals surface area contributed by atoms with Crippen LogP contribution in [0.3, 0.4) is 0 Å². The van der Waals surface area contributed by atoms with E-state index in [4.69, 9.17) is 0 Å². The number of rotatable bonds is 4. The largest absolute Gasteiger partial charge is 0.354 e. The Morgan fingerprint density at radius 1 is 1.45 bits per heavy atom. The highest BCUT2D eigenvalue weighted by Gasteiger charge is 2.15. The summed E-state index contributed by atoms with van der Waals surface area (Å²) in [5, 5.41) is 10.3. The lowest BCUT2D eigenvalue weighted by molar-refractivity contribution is -0.122. The smallest absolute Gasteiger partial charge is 0.350 e. The third kappa shape index (κ3) is 3.66. The molecule has 0 saturated carbocycles. The average molecular weight is 326 g/mol. The quantitative estimate of drug-likeness (QED) is 0.831. The molecule has 1 atom stereocenters. The van der Waals surface area contributed by atoms with Gasteiger partial charge < -0.3 is 10.6 Å². The minimum atomic E-state index is -0.292. The van der Waals surface area contributed by atoms with Gasteiger partial charge in [0.1, 0.15) is 6.54 Å². The maximum Gasteiger partial charge on any atom is 0.350 e. The standard InChI is InChI=1S/C14H19N5O2.ClH/c20-13(16-9-11-4-3-6-15-8-11)10-19-14(21)18-7-2-1-5-12(18)17-19;/h1-2,5,7,11,15H,3-4,6,8-10H2,(H,16,20);1H. The molecule has 0 bridgehead atoms. The Balaban J connectivity index is 0.00000176. The first-order valence-corrected chi connectivity index (χ1v) is 7.25. The van der Waals surface area contributed by atoms with Crippen LogP contribution in [0.25, 0.3) is 5.65 Å². The van der Waals surface area contributed by atoms with E-state index in [9.17, 15) is 9.59 Å². The molecule has 2 N–H and O–H groups in total. The zero-order valence-corrected chi connectivity index (χ0v) is 13.0. The Morgan fingerprint density at radius 2 is 2.32 bits per heavy atom. The molecular formula is C14H20ClN5O2. The Hall–Kier alpha value is -1.86. The van der Waals surface area contributed by atoms with E-state index >= 15 is 0 Å². The maximum atomic E-state index is 12.0. The molecule has 22 heavy (non-hydrogen) atoms. The number of halogens is 1. The van der Waals surface area contributed by atoms with Gasteiger partial charge in [-0.1, -0.05) is 6.07 Å². The van der Waals surface area contributed by atoms with E-state index in [1.165, 1.54) is 9.08 Å². The molecule has 0 aromatic carbocycles. The summed E-state index contributed by atoms with van der Waals surface area (Å²) in [6, 6.07) is 5.31. The average Bonchev–Trinajstić information content (AvgIpc) is 2.83. The molecule has 1 unspecified atom stereocenters. The van der Waals surface area contributed by atoms with E-state index in [1.54, 1.807) is 18.3 Å². The minimum absolute atomic E-state index is 0. The van der Waals surface area contributed by atoms with Crippen LogP contribution in [-0.4, -0.2) is 39.7 Å². The van der Waals surface area contributed by atoms with Gasteiger partial charge in [0.15, 0.2) is 5.65 Å². The fourth-order valence-corrected chi connectivity index (χ4v) is 2.62. The minimum Gasteiger partial charge on any atom is -0.354 e. The number of pyridine rings is 1. The van der Waals surface area contributed by atoms with Crippen LogP contribution in [0.2, 0.25) is 0 Å². The highest BCUT2D eigenvalue weighted by Crippen LogP contribution is 2.08. The molecule has 3 heterocycles. The van der Waals surface area contributed by atoms with Crippen molar-refractivity contribution in [3.8, 4) is 0 Å². The fourth-order valence-electron chi connectivity index (χ4n) is 2.62. The molecule has 0 radical (unpaired) electrons. The second kappa shape index (κ2) is 7.42. The van der Waals surface area contributed by atoms with Crippen LogP contribution in [0.4, 0.5) is 0 Å². The van der Waals surface area contributed by atoms with Crippen LogP contribution < -0.4 is 16.3 Å². The Labute approximate surface area is 134 Å². The predicted octanol–water partition coefficient (Wildman–Crippen LogP) is 0.0336.